The summed E-state index contributed by atoms with van der Waals surface area (Å²) in [5.74, 6) is -0.529. The molecule has 0 atom stereocenters. The molecule has 0 spiro atoms. The van der Waals surface area contributed by atoms with Gasteiger partial charge in [0, 0.05) is 11.1 Å². The highest BCUT2D eigenvalue weighted by atomic mass is 35.5. The molecule has 0 bridgehead atoms. The maximum Gasteiger partial charge on any atom is 0.310 e. The van der Waals surface area contributed by atoms with Gasteiger partial charge in [0.1, 0.15) is 11.6 Å². The van der Waals surface area contributed by atoms with Crippen LogP contribution in [0.4, 0.5) is 5.69 Å². The molecule has 1 aromatic carbocycles. The number of halogens is 1. The van der Waals surface area contributed by atoms with Crippen LogP contribution in [0.25, 0.3) is 0 Å². The molecule has 94 valence electrons. The van der Waals surface area contributed by atoms with Crippen molar-refractivity contribution in [2.75, 3.05) is 6.61 Å². The maximum atomic E-state index is 11.3. The number of esters is 1. The summed E-state index contributed by atoms with van der Waals surface area (Å²) in [4.78, 5) is 21.3. The van der Waals surface area contributed by atoms with E-state index in [1.807, 2.05) is 0 Å². The van der Waals surface area contributed by atoms with Gasteiger partial charge < -0.3 is 4.74 Å². The summed E-state index contributed by atoms with van der Waals surface area (Å²) in [5.41, 5.74) is -0.250. The minimum atomic E-state index is -0.691. The number of nitrogens with zero attached hydrogens (tertiary/aromatic N) is 2. The van der Waals surface area contributed by atoms with Gasteiger partial charge >= 0.3 is 5.97 Å². The van der Waals surface area contributed by atoms with Crippen molar-refractivity contribution < 1.29 is 14.5 Å². The van der Waals surface area contributed by atoms with Crippen LogP contribution in [0, 0.1) is 21.4 Å². The lowest BCUT2D eigenvalue weighted by molar-refractivity contribution is -0.385. The number of benzene rings is 1. The molecule has 0 unspecified atom stereocenters. The minimum absolute atomic E-state index is 0.130. The molecule has 0 saturated carbocycles. The van der Waals surface area contributed by atoms with E-state index in [2.05, 4.69) is 0 Å². The van der Waals surface area contributed by atoms with Crippen LogP contribution in [0.3, 0.4) is 0 Å². The molecular formula is C11H9ClN2O4. The Morgan fingerprint density at radius 1 is 1.61 bits per heavy atom. The van der Waals surface area contributed by atoms with E-state index in [1.165, 1.54) is 6.07 Å². The largest absolute Gasteiger partial charge is 0.466 e. The highest BCUT2D eigenvalue weighted by Crippen LogP contribution is 2.27. The Balaban J connectivity index is 3.14. The summed E-state index contributed by atoms with van der Waals surface area (Å²) >= 11 is 5.85. The molecule has 0 aliphatic carbocycles. The SMILES string of the molecule is CCOC(=O)Cc1cc([N+](=O)[O-])c(C#N)cc1Cl. The summed E-state index contributed by atoms with van der Waals surface area (Å²) in [6.07, 6.45) is -0.167. The van der Waals surface area contributed by atoms with Crippen molar-refractivity contribution in [2.45, 2.75) is 13.3 Å². The van der Waals surface area contributed by atoms with Crippen LogP contribution in [0.2, 0.25) is 5.02 Å². The Bertz CT molecular complexity index is 537. The molecule has 1 rings (SSSR count). The summed E-state index contributed by atoms with van der Waals surface area (Å²) in [6.45, 7) is 1.87. The molecule has 0 radical (unpaired) electrons. The number of nitro groups is 1. The van der Waals surface area contributed by atoms with Crippen LogP contribution in [0.1, 0.15) is 18.1 Å². The van der Waals surface area contributed by atoms with Gasteiger partial charge in [0.2, 0.25) is 0 Å². The van der Waals surface area contributed by atoms with E-state index in [0.29, 0.717) is 0 Å². The van der Waals surface area contributed by atoms with Gasteiger partial charge in [-0.1, -0.05) is 11.6 Å². The third-order valence-electron chi connectivity index (χ3n) is 2.12. The van der Waals surface area contributed by atoms with Gasteiger partial charge in [-0.25, -0.2) is 0 Å². The Morgan fingerprint density at radius 3 is 2.78 bits per heavy atom. The average molecular weight is 269 g/mol. The predicted molar refractivity (Wildman–Crippen MR) is 63.2 cm³/mol. The maximum absolute atomic E-state index is 11.3. The van der Waals surface area contributed by atoms with Crippen LogP contribution < -0.4 is 0 Å². The molecule has 7 heteroatoms. The lowest BCUT2D eigenvalue weighted by Gasteiger charge is -2.05. The zero-order valence-corrected chi connectivity index (χ0v) is 10.2. The topological polar surface area (TPSA) is 93.2 Å². The van der Waals surface area contributed by atoms with E-state index < -0.39 is 10.9 Å². The van der Waals surface area contributed by atoms with Crippen LogP contribution in [-0.2, 0) is 16.0 Å². The Morgan fingerprint density at radius 2 is 2.28 bits per heavy atom. The fraction of sp³-hybridized carbons (Fsp3) is 0.273. The zero-order valence-electron chi connectivity index (χ0n) is 9.47. The smallest absolute Gasteiger partial charge is 0.310 e. The van der Waals surface area contributed by atoms with Crippen molar-refractivity contribution in [3.63, 3.8) is 0 Å². The van der Waals surface area contributed by atoms with Gasteiger partial charge in [-0.05, 0) is 18.6 Å². The molecule has 6 nitrogen and oxygen atoms in total. The van der Waals surface area contributed by atoms with Gasteiger partial charge in [0.05, 0.1) is 18.0 Å². The number of rotatable bonds is 4. The molecule has 0 heterocycles. The van der Waals surface area contributed by atoms with Crippen molar-refractivity contribution in [1.29, 1.82) is 5.26 Å². The number of ether oxygens (including phenoxy) is 1. The van der Waals surface area contributed by atoms with Crippen LogP contribution in [0.15, 0.2) is 12.1 Å². The van der Waals surface area contributed by atoms with E-state index in [9.17, 15) is 14.9 Å². The second-order valence-corrected chi connectivity index (χ2v) is 3.72. The first kappa shape index (κ1) is 13.9. The quantitative estimate of drug-likeness (QED) is 0.474. The number of carbonyl (C=O) groups excluding carboxylic acids is 1. The molecule has 0 aliphatic rings. The molecular weight excluding hydrogens is 260 g/mol. The monoisotopic (exact) mass is 268 g/mol. The minimum Gasteiger partial charge on any atom is -0.466 e. The molecule has 1 aromatic rings. The normalized spacial score (nSPS) is 9.61. The summed E-state index contributed by atoms with van der Waals surface area (Å²) in [5, 5.41) is 19.6. The number of hydrogen-bond acceptors (Lipinski definition) is 5. The van der Waals surface area contributed by atoms with E-state index in [-0.39, 0.29) is 34.9 Å². The van der Waals surface area contributed by atoms with Crippen molar-refractivity contribution in [3.8, 4) is 6.07 Å². The molecule has 0 aliphatic heterocycles. The van der Waals surface area contributed by atoms with Gasteiger partial charge in [0.25, 0.3) is 5.69 Å². The van der Waals surface area contributed by atoms with Crippen molar-refractivity contribution >= 4 is 23.3 Å². The standard InChI is InChI=1S/C11H9ClN2O4/c1-2-18-11(15)5-7-4-10(14(16)17)8(6-13)3-9(7)12/h3-4H,2,5H2,1H3. The van der Waals surface area contributed by atoms with Gasteiger partial charge in [0.15, 0.2) is 0 Å². The lowest BCUT2D eigenvalue weighted by Crippen LogP contribution is -2.08. The highest BCUT2D eigenvalue weighted by molar-refractivity contribution is 6.31. The molecule has 0 aromatic heterocycles. The van der Waals surface area contributed by atoms with Crippen molar-refractivity contribution in [1.82, 2.24) is 0 Å². The zero-order chi connectivity index (χ0) is 13.7. The second kappa shape index (κ2) is 5.98. The molecule has 0 N–H and O–H groups in total. The van der Waals surface area contributed by atoms with E-state index in [1.54, 1.807) is 13.0 Å². The molecule has 0 saturated heterocycles. The average Bonchev–Trinajstić information content (AvgIpc) is 2.31. The van der Waals surface area contributed by atoms with E-state index in [4.69, 9.17) is 21.6 Å². The first-order valence-electron chi connectivity index (χ1n) is 5.02. The summed E-state index contributed by atoms with van der Waals surface area (Å²) in [7, 11) is 0. The highest BCUT2D eigenvalue weighted by Gasteiger charge is 2.19. The second-order valence-electron chi connectivity index (χ2n) is 3.31. The fourth-order valence-corrected chi connectivity index (χ4v) is 1.58. The first-order chi connectivity index (χ1) is 8.49. The van der Waals surface area contributed by atoms with Gasteiger partial charge in [-0.15, -0.1) is 0 Å². The Hall–Kier alpha value is -2.13. The molecule has 0 amide bonds. The molecule has 0 fully saturated rings. The third-order valence-corrected chi connectivity index (χ3v) is 2.47. The van der Waals surface area contributed by atoms with Gasteiger partial charge in [-0.2, -0.15) is 5.26 Å². The van der Waals surface area contributed by atoms with Crippen LogP contribution in [0.5, 0.6) is 0 Å². The molecule has 18 heavy (non-hydrogen) atoms. The van der Waals surface area contributed by atoms with Crippen molar-refractivity contribution in [3.05, 3.63) is 38.4 Å². The van der Waals surface area contributed by atoms with Crippen LogP contribution >= 0.6 is 11.6 Å². The fourth-order valence-electron chi connectivity index (χ4n) is 1.35. The predicted octanol–water partition coefficient (Wildman–Crippen LogP) is 2.23. The number of hydrogen-bond donors (Lipinski definition) is 0. The van der Waals surface area contributed by atoms with Gasteiger partial charge in [-0.3, -0.25) is 14.9 Å². The van der Waals surface area contributed by atoms with E-state index in [0.717, 1.165) is 6.07 Å². The number of nitro benzene ring substituents is 1. The first-order valence-corrected chi connectivity index (χ1v) is 5.40. The Labute approximate surface area is 108 Å². The van der Waals surface area contributed by atoms with E-state index >= 15 is 0 Å². The van der Waals surface area contributed by atoms with Crippen LogP contribution in [-0.4, -0.2) is 17.5 Å². The third kappa shape index (κ3) is 3.18. The summed E-state index contributed by atoms with van der Waals surface area (Å²) < 4.78 is 4.73. The summed E-state index contributed by atoms with van der Waals surface area (Å²) in [6, 6.07) is 3.98. The lowest BCUT2D eigenvalue weighted by atomic mass is 10.1. The Kier molecular flexibility index (Phi) is 4.63. The van der Waals surface area contributed by atoms with Crippen molar-refractivity contribution in [2.24, 2.45) is 0 Å². The number of carbonyl (C=O) groups is 1. The number of nitriles is 1.